The largest absolute Gasteiger partial charge is 0.396 e. The van der Waals surface area contributed by atoms with Crippen LogP contribution in [0.1, 0.15) is 56.6 Å². The quantitative estimate of drug-likeness (QED) is 0.265. The second-order valence-electron chi connectivity index (χ2n) is 11.4. The van der Waals surface area contributed by atoms with E-state index in [0.717, 1.165) is 42.5 Å². The molecule has 3 aliphatic rings. The van der Waals surface area contributed by atoms with E-state index in [1.54, 1.807) is 33.7 Å². The molecular formula is C32H45N3O4S. The van der Waals surface area contributed by atoms with E-state index in [1.165, 1.54) is 0 Å². The molecule has 7 nitrogen and oxygen atoms in total. The first-order valence-electron chi connectivity index (χ1n) is 14.7. The summed E-state index contributed by atoms with van der Waals surface area (Å²) >= 11 is 1.72. The number of fused-ring (bicyclic) bond motifs is 1. The fraction of sp³-hybridized carbons (Fsp3) is 0.594. The molecule has 8 heteroatoms. The van der Waals surface area contributed by atoms with Gasteiger partial charge >= 0.3 is 0 Å². The topological polar surface area (TPSA) is 81.2 Å². The number of para-hydroxylation sites is 1. The van der Waals surface area contributed by atoms with Gasteiger partial charge in [0.25, 0.3) is 5.91 Å². The van der Waals surface area contributed by atoms with Crippen molar-refractivity contribution in [3.63, 3.8) is 0 Å². The minimum atomic E-state index is -0.648. The number of anilines is 1. The summed E-state index contributed by atoms with van der Waals surface area (Å²) in [7, 11) is 0. The Kier molecular flexibility index (Phi) is 9.83. The number of nitrogens with zero attached hydrogens (tertiary/aromatic N) is 3. The standard InChI is InChI=1S/C32H45N3O4S/c1-6-17-33(18-7-2)29(37)25-24-15-16-32(40-24)26(25)30(38)35(20-10-9-11-21-36)28(32)31(39)34(19-8-3)27-22(4)13-12-14-23(27)5/h6,8,12-14,24-26,28,36H,1,3,7,9-11,15-21H2,2,4-5H3/t24-,25+,26+,28?,32?/m1/s1. The molecule has 1 N–H and O–H groups in total. The van der Waals surface area contributed by atoms with Gasteiger partial charge in [0.05, 0.1) is 16.6 Å². The number of benzene rings is 1. The highest BCUT2D eigenvalue weighted by atomic mass is 32.2. The number of hydrogen-bond donors (Lipinski definition) is 1. The van der Waals surface area contributed by atoms with Gasteiger partial charge in [0, 0.05) is 43.7 Å². The molecule has 1 spiro atoms. The van der Waals surface area contributed by atoms with Gasteiger partial charge in [-0.3, -0.25) is 14.4 Å². The predicted molar refractivity (Wildman–Crippen MR) is 162 cm³/mol. The Morgan fingerprint density at radius 2 is 1.82 bits per heavy atom. The van der Waals surface area contributed by atoms with Gasteiger partial charge < -0.3 is 19.8 Å². The maximum atomic E-state index is 14.7. The number of carbonyl (C=O) groups excluding carboxylic acids is 3. The second-order valence-corrected chi connectivity index (χ2v) is 13.0. The molecular weight excluding hydrogens is 522 g/mol. The van der Waals surface area contributed by atoms with Crippen molar-refractivity contribution >= 4 is 35.2 Å². The summed E-state index contributed by atoms with van der Waals surface area (Å²) in [5, 5.41) is 9.34. The molecule has 3 amide bonds. The number of thioether (sulfide) groups is 1. The van der Waals surface area contributed by atoms with Gasteiger partial charge in [0.1, 0.15) is 6.04 Å². The van der Waals surface area contributed by atoms with Crippen LogP contribution in [0.2, 0.25) is 0 Å². The zero-order valence-electron chi connectivity index (χ0n) is 24.3. The molecule has 3 heterocycles. The zero-order valence-corrected chi connectivity index (χ0v) is 25.1. The van der Waals surface area contributed by atoms with Crippen molar-refractivity contribution in [3.05, 3.63) is 54.6 Å². The summed E-state index contributed by atoms with van der Waals surface area (Å²) in [6, 6.07) is 5.35. The average Bonchev–Trinajstić information content (AvgIpc) is 3.57. The van der Waals surface area contributed by atoms with Crippen LogP contribution in [-0.4, -0.2) is 81.5 Å². The van der Waals surface area contributed by atoms with Crippen molar-refractivity contribution in [2.45, 2.75) is 75.3 Å². The third kappa shape index (κ3) is 5.25. The molecule has 3 saturated heterocycles. The normalized spacial score (nSPS) is 26.6. The number of amides is 3. The van der Waals surface area contributed by atoms with Crippen LogP contribution in [0.3, 0.4) is 0 Å². The maximum absolute atomic E-state index is 14.7. The molecule has 2 bridgehead atoms. The monoisotopic (exact) mass is 567 g/mol. The Hall–Kier alpha value is -2.58. The van der Waals surface area contributed by atoms with Crippen LogP contribution in [0.4, 0.5) is 5.69 Å². The Morgan fingerprint density at radius 3 is 2.45 bits per heavy atom. The summed E-state index contributed by atoms with van der Waals surface area (Å²) in [5.74, 6) is -1.07. The number of aliphatic hydroxyl groups excluding tert-OH is 1. The van der Waals surface area contributed by atoms with Gasteiger partial charge in [0.15, 0.2) is 0 Å². The van der Waals surface area contributed by atoms with E-state index in [1.807, 2.05) is 43.9 Å². The summed E-state index contributed by atoms with van der Waals surface area (Å²) in [6.07, 6.45) is 8.02. The second kappa shape index (κ2) is 12.9. The first kappa shape index (κ1) is 30.4. The highest BCUT2D eigenvalue weighted by Crippen LogP contribution is 2.66. The number of likely N-dealkylation sites (tertiary alicyclic amines) is 1. The molecule has 3 aliphatic heterocycles. The lowest BCUT2D eigenvalue weighted by atomic mass is 9.70. The lowest BCUT2D eigenvalue weighted by molar-refractivity contribution is -0.143. The predicted octanol–water partition coefficient (Wildman–Crippen LogP) is 4.50. The number of aryl methyl sites for hydroxylation is 2. The van der Waals surface area contributed by atoms with Crippen molar-refractivity contribution in [2.24, 2.45) is 11.8 Å². The highest BCUT2D eigenvalue weighted by molar-refractivity contribution is 8.02. The molecule has 0 radical (unpaired) electrons. The van der Waals surface area contributed by atoms with Crippen LogP contribution < -0.4 is 4.90 Å². The van der Waals surface area contributed by atoms with E-state index >= 15 is 0 Å². The van der Waals surface area contributed by atoms with Gasteiger partial charge in [0.2, 0.25) is 11.8 Å². The lowest BCUT2D eigenvalue weighted by Gasteiger charge is -2.38. The Bertz CT molecular complexity index is 1120. The zero-order chi connectivity index (χ0) is 29.0. The average molecular weight is 568 g/mol. The molecule has 40 heavy (non-hydrogen) atoms. The van der Waals surface area contributed by atoms with Crippen molar-refractivity contribution in [3.8, 4) is 0 Å². The van der Waals surface area contributed by atoms with Gasteiger partial charge in [-0.05, 0) is 63.5 Å². The van der Waals surface area contributed by atoms with Crippen molar-refractivity contribution in [1.29, 1.82) is 0 Å². The molecule has 0 aromatic heterocycles. The van der Waals surface area contributed by atoms with Gasteiger partial charge in [-0.25, -0.2) is 0 Å². The summed E-state index contributed by atoms with van der Waals surface area (Å²) in [4.78, 5) is 48.5. The summed E-state index contributed by atoms with van der Waals surface area (Å²) in [6.45, 7) is 15.8. The fourth-order valence-corrected chi connectivity index (χ4v) is 9.46. The van der Waals surface area contributed by atoms with E-state index in [-0.39, 0.29) is 29.6 Å². The number of carbonyl (C=O) groups is 3. The van der Waals surface area contributed by atoms with Gasteiger partial charge in [-0.15, -0.1) is 24.9 Å². The van der Waals surface area contributed by atoms with Crippen LogP contribution in [0.15, 0.2) is 43.5 Å². The number of hydrogen-bond acceptors (Lipinski definition) is 5. The third-order valence-corrected chi connectivity index (χ3v) is 10.8. The molecule has 0 aliphatic carbocycles. The molecule has 0 saturated carbocycles. The van der Waals surface area contributed by atoms with E-state index < -0.39 is 22.6 Å². The van der Waals surface area contributed by atoms with Crippen LogP contribution >= 0.6 is 11.8 Å². The van der Waals surface area contributed by atoms with Crippen molar-refractivity contribution in [1.82, 2.24) is 9.80 Å². The minimum absolute atomic E-state index is 0.0187. The molecule has 2 unspecified atom stereocenters. The molecule has 5 atom stereocenters. The molecule has 218 valence electrons. The molecule has 1 aromatic carbocycles. The third-order valence-electron chi connectivity index (χ3n) is 8.82. The molecule has 1 aromatic rings. The van der Waals surface area contributed by atoms with Crippen LogP contribution in [0, 0.1) is 25.7 Å². The van der Waals surface area contributed by atoms with E-state index in [2.05, 4.69) is 13.2 Å². The first-order valence-corrected chi connectivity index (χ1v) is 15.6. The Labute approximate surface area is 243 Å². The van der Waals surface area contributed by atoms with Crippen molar-refractivity contribution in [2.75, 3.05) is 37.7 Å². The smallest absolute Gasteiger partial charge is 0.251 e. The number of rotatable bonds is 14. The van der Waals surface area contributed by atoms with Crippen molar-refractivity contribution < 1.29 is 19.5 Å². The Morgan fingerprint density at radius 1 is 1.12 bits per heavy atom. The van der Waals surface area contributed by atoms with Crippen LogP contribution in [0.25, 0.3) is 0 Å². The lowest BCUT2D eigenvalue weighted by Crippen LogP contribution is -2.55. The van der Waals surface area contributed by atoms with Gasteiger partial charge in [-0.1, -0.05) is 37.3 Å². The Balaban J connectivity index is 1.76. The number of aliphatic hydroxyl groups is 1. The fourth-order valence-electron chi connectivity index (χ4n) is 7.25. The molecule has 3 fully saturated rings. The van der Waals surface area contributed by atoms with Gasteiger partial charge in [-0.2, -0.15) is 0 Å². The minimum Gasteiger partial charge on any atom is -0.396 e. The molecule has 4 rings (SSSR count). The van der Waals surface area contributed by atoms with E-state index in [9.17, 15) is 19.5 Å². The van der Waals surface area contributed by atoms with E-state index in [0.29, 0.717) is 39.0 Å². The van der Waals surface area contributed by atoms with Crippen LogP contribution in [-0.2, 0) is 14.4 Å². The summed E-state index contributed by atoms with van der Waals surface area (Å²) in [5.41, 5.74) is 2.86. The first-order chi connectivity index (χ1) is 19.3. The van der Waals surface area contributed by atoms with Crippen LogP contribution in [0.5, 0.6) is 0 Å². The van der Waals surface area contributed by atoms with E-state index in [4.69, 9.17) is 0 Å². The summed E-state index contributed by atoms with van der Waals surface area (Å²) < 4.78 is -0.627. The SMILES string of the molecule is C=CCN(CCC)C(=O)[C@@H]1[C@H]2C(=O)N(CCCCCO)C(C(=O)N(CC=C)c3c(C)cccc3C)C23CC[C@H]1S3. The highest BCUT2D eigenvalue weighted by Gasteiger charge is 2.74. The number of unbranched alkanes of at least 4 members (excludes halogenated alkanes) is 2. The maximum Gasteiger partial charge on any atom is 0.251 e.